The number of aliphatic hydroxyl groups excluding tert-OH is 1. The second-order valence-corrected chi connectivity index (χ2v) is 6.16. The molecule has 0 spiro atoms. The van der Waals surface area contributed by atoms with E-state index in [0.29, 0.717) is 13.2 Å². The van der Waals surface area contributed by atoms with Crippen molar-refractivity contribution < 1.29 is 14.6 Å². The molecular formula is C14H21NO3S. The first-order valence-electron chi connectivity index (χ1n) is 6.58. The summed E-state index contributed by atoms with van der Waals surface area (Å²) in [4.78, 5) is 0. The Labute approximate surface area is 118 Å². The van der Waals surface area contributed by atoms with E-state index >= 15 is 0 Å². The maximum absolute atomic E-state index is 9.01. The highest BCUT2D eigenvalue weighted by Gasteiger charge is 2.14. The molecule has 0 aliphatic carbocycles. The fourth-order valence-corrected chi connectivity index (χ4v) is 2.66. The van der Waals surface area contributed by atoms with E-state index < -0.39 is 0 Å². The molecule has 2 unspecified atom stereocenters. The highest BCUT2D eigenvalue weighted by Crippen LogP contribution is 2.32. The topological polar surface area (TPSA) is 64.7 Å². The van der Waals surface area contributed by atoms with Crippen molar-refractivity contribution in [2.45, 2.75) is 24.6 Å². The van der Waals surface area contributed by atoms with Crippen LogP contribution in [-0.4, -0.2) is 35.9 Å². The van der Waals surface area contributed by atoms with Crippen molar-refractivity contribution in [2.75, 3.05) is 25.6 Å². The first-order chi connectivity index (χ1) is 9.20. The minimum absolute atomic E-state index is 0.0591. The van der Waals surface area contributed by atoms with E-state index in [4.69, 9.17) is 20.3 Å². The van der Waals surface area contributed by atoms with E-state index in [0.717, 1.165) is 29.2 Å². The molecule has 1 aliphatic rings. The van der Waals surface area contributed by atoms with Crippen LogP contribution in [-0.2, 0) is 0 Å². The summed E-state index contributed by atoms with van der Waals surface area (Å²) in [6, 6.07) is 5.82. The van der Waals surface area contributed by atoms with Gasteiger partial charge >= 0.3 is 0 Å². The molecule has 1 aliphatic heterocycles. The molecule has 0 amide bonds. The number of aliphatic hydroxyl groups is 1. The van der Waals surface area contributed by atoms with Gasteiger partial charge in [-0.2, -0.15) is 11.8 Å². The maximum Gasteiger partial charge on any atom is 0.161 e. The van der Waals surface area contributed by atoms with Gasteiger partial charge in [0.25, 0.3) is 0 Å². The minimum Gasteiger partial charge on any atom is -0.490 e. The number of hydrogen-bond donors (Lipinski definition) is 2. The van der Waals surface area contributed by atoms with E-state index in [-0.39, 0.29) is 17.9 Å². The van der Waals surface area contributed by atoms with E-state index in [1.165, 1.54) is 0 Å². The van der Waals surface area contributed by atoms with Gasteiger partial charge in [-0.05, 0) is 17.7 Å². The molecule has 1 aromatic rings. The summed E-state index contributed by atoms with van der Waals surface area (Å²) in [7, 11) is 0. The zero-order valence-electron chi connectivity index (χ0n) is 11.2. The molecule has 2 rings (SSSR count). The van der Waals surface area contributed by atoms with Crippen molar-refractivity contribution in [1.82, 2.24) is 0 Å². The zero-order chi connectivity index (χ0) is 13.7. The van der Waals surface area contributed by atoms with E-state index in [9.17, 15) is 0 Å². The molecule has 0 radical (unpaired) electrons. The van der Waals surface area contributed by atoms with Crippen molar-refractivity contribution in [3.63, 3.8) is 0 Å². The standard InChI is InChI=1S/C14H21NO3S/c1-10(8-16)19-9-12(15)11-3-4-13-14(7-11)18-6-2-5-17-13/h3-4,7,10,12,16H,2,5-6,8-9,15H2,1H3. The molecule has 3 N–H and O–H groups in total. The Morgan fingerprint density at radius 1 is 1.32 bits per heavy atom. The summed E-state index contributed by atoms with van der Waals surface area (Å²) >= 11 is 1.67. The lowest BCUT2D eigenvalue weighted by Crippen LogP contribution is -2.16. The first kappa shape index (κ1) is 14.5. The van der Waals surface area contributed by atoms with Gasteiger partial charge in [0.2, 0.25) is 0 Å². The number of nitrogens with two attached hydrogens (primary N) is 1. The van der Waals surface area contributed by atoms with E-state index in [1.54, 1.807) is 11.8 Å². The van der Waals surface area contributed by atoms with Gasteiger partial charge in [0.05, 0.1) is 19.8 Å². The van der Waals surface area contributed by atoms with Gasteiger partial charge < -0.3 is 20.3 Å². The summed E-state index contributed by atoms with van der Waals surface area (Å²) in [5.41, 5.74) is 7.21. The smallest absolute Gasteiger partial charge is 0.161 e. The van der Waals surface area contributed by atoms with E-state index in [2.05, 4.69) is 0 Å². The van der Waals surface area contributed by atoms with Crippen molar-refractivity contribution >= 4 is 11.8 Å². The second-order valence-electron chi connectivity index (χ2n) is 4.69. The summed E-state index contributed by atoms with van der Waals surface area (Å²) < 4.78 is 11.3. The van der Waals surface area contributed by atoms with Crippen LogP contribution in [0, 0.1) is 0 Å². The van der Waals surface area contributed by atoms with Gasteiger partial charge in [-0.25, -0.2) is 0 Å². The van der Waals surface area contributed by atoms with Gasteiger partial charge in [0, 0.05) is 23.5 Å². The summed E-state index contributed by atoms with van der Waals surface area (Å²) in [6.45, 7) is 3.55. The number of hydrogen-bond acceptors (Lipinski definition) is 5. The predicted molar refractivity (Wildman–Crippen MR) is 78.0 cm³/mol. The molecule has 0 fully saturated rings. The van der Waals surface area contributed by atoms with Gasteiger partial charge in [-0.3, -0.25) is 0 Å². The Balaban J connectivity index is 2.02. The van der Waals surface area contributed by atoms with E-state index in [1.807, 2.05) is 25.1 Å². The van der Waals surface area contributed by atoms with Gasteiger partial charge in [0.15, 0.2) is 11.5 Å². The lowest BCUT2D eigenvalue weighted by Gasteiger charge is -2.16. The molecule has 4 nitrogen and oxygen atoms in total. The first-order valence-corrected chi connectivity index (χ1v) is 7.63. The SMILES string of the molecule is CC(CO)SCC(N)c1ccc2c(c1)OCCCO2. The minimum atomic E-state index is -0.0591. The lowest BCUT2D eigenvalue weighted by atomic mass is 10.1. The molecular weight excluding hydrogens is 262 g/mol. The second kappa shape index (κ2) is 7.03. The van der Waals surface area contributed by atoms with Gasteiger partial charge in [0.1, 0.15) is 0 Å². The van der Waals surface area contributed by atoms with Crippen LogP contribution >= 0.6 is 11.8 Å². The normalized spacial score (nSPS) is 17.6. The largest absolute Gasteiger partial charge is 0.490 e. The van der Waals surface area contributed by atoms with Crippen LogP contribution in [0.15, 0.2) is 18.2 Å². The predicted octanol–water partition coefficient (Wildman–Crippen LogP) is 1.96. The number of ether oxygens (including phenoxy) is 2. The van der Waals surface area contributed by atoms with Crippen molar-refractivity contribution in [2.24, 2.45) is 5.73 Å². The van der Waals surface area contributed by atoms with Crippen LogP contribution in [0.25, 0.3) is 0 Å². The Morgan fingerprint density at radius 2 is 2.05 bits per heavy atom. The molecule has 0 aromatic heterocycles. The highest BCUT2D eigenvalue weighted by molar-refractivity contribution is 7.99. The molecule has 106 valence electrons. The van der Waals surface area contributed by atoms with Crippen molar-refractivity contribution in [1.29, 1.82) is 0 Å². The number of fused-ring (bicyclic) bond motifs is 1. The van der Waals surface area contributed by atoms with Gasteiger partial charge in [-0.15, -0.1) is 0 Å². The Morgan fingerprint density at radius 3 is 2.79 bits per heavy atom. The van der Waals surface area contributed by atoms with Gasteiger partial charge in [-0.1, -0.05) is 13.0 Å². The molecule has 1 heterocycles. The van der Waals surface area contributed by atoms with Crippen molar-refractivity contribution in [3.8, 4) is 11.5 Å². The third-order valence-corrected chi connectivity index (χ3v) is 4.29. The summed E-state index contributed by atoms with van der Waals surface area (Å²) in [5.74, 6) is 2.36. The van der Waals surface area contributed by atoms with Crippen LogP contribution < -0.4 is 15.2 Å². The lowest BCUT2D eigenvalue weighted by molar-refractivity contribution is 0.297. The summed E-state index contributed by atoms with van der Waals surface area (Å²) in [5, 5.41) is 9.22. The average molecular weight is 283 g/mol. The molecule has 1 aromatic carbocycles. The Kier molecular flexibility index (Phi) is 5.36. The Bertz CT molecular complexity index is 414. The number of thioether (sulfide) groups is 1. The third kappa shape index (κ3) is 4.03. The van der Waals surface area contributed by atoms with Crippen molar-refractivity contribution in [3.05, 3.63) is 23.8 Å². The Hall–Kier alpha value is -0.910. The fraction of sp³-hybridized carbons (Fsp3) is 0.571. The fourth-order valence-electron chi connectivity index (χ4n) is 1.83. The molecule has 0 saturated carbocycles. The van der Waals surface area contributed by atoms with Crippen LogP contribution in [0.1, 0.15) is 24.9 Å². The number of benzene rings is 1. The van der Waals surface area contributed by atoms with Crippen LogP contribution in [0.2, 0.25) is 0 Å². The average Bonchev–Trinajstić information content (AvgIpc) is 2.68. The molecule has 0 bridgehead atoms. The molecule has 2 atom stereocenters. The summed E-state index contributed by atoms with van der Waals surface area (Å²) in [6.07, 6.45) is 0.903. The third-order valence-electron chi connectivity index (χ3n) is 3.02. The van der Waals surface area contributed by atoms with Crippen LogP contribution in [0.3, 0.4) is 0 Å². The number of rotatable bonds is 5. The van der Waals surface area contributed by atoms with Crippen LogP contribution in [0.4, 0.5) is 0 Å². The van der Waals surface area contributed by atoms with Crippen LogP contribution in [0.5, 0.6) is 11.5 Å². The molecule has 19 heavy (non-hydrogen) atoms. The monoisotopic (exact) mass is 283 g/mol. The maximum atomic E-state index is 9.01. The quantitative estimate of drug-likeness (QED) is 0.865. The highest BCUT2D eigenvalue weighted by atomic mass is 32.2. The molecule has 0 saturated heterocycles. The molecule has 5 heteroatoms. The zero-order valence-corrected chi connectivity index (χ0v) is 12.0.